The molecule has 0 spiro atoms. The van der Waals surface area contributed by atoms with Crippen LogP contribution in [0, 0.1) is 0 Å². The first-order valence-electron chi connectivity index (χ1n) is 6.21. The molecule has 18 heavy (non-hydrogen) atoms. The van der Waals surface area contributed by atoms with Crippen LogP contribution >= 0.6 is 11.6 Å². The van der Waals surface area contributed by atoms with Gasteiger partial charge in [-0.3, -0.25) is 0 Å². The largest absolute Gasteiger partial charge is 0.495 e. The average molecular weight is 272 g/mol. The van der Waals surface area contributed by atoms with Crippen molar-refractivity contribution in [2.75, 3.05) is 13.7 Å². The lowest BCUT2D eigenvalue weighted by molar-refractivity contribution is -0.0472. The molecule has 0 aliphatic carbocycles. The van der Waals surface area contributed by atoms with E-state index in [9.17, 15) is 0 Å². The molecule has 0 fully saturated rings. The molecule has 2 atom stereocenters. The molecule has 2 unspecified atom stereocenters. The Bertz CT molecular complexity index is 397. The number of halogens is 1. The van der Waals surface area contributed by atoms with Gasteiger partial charge in [0.1, 0.15) is 5.75 Å². The summed E-state index contributed by atoms with van der Waals surface area (Å²) in [6.45, 7) is 6.72. The van der Waals surface area contributed by atoms with Gasteiger partial charge in [-0.25, -0.2) is 0 Å². The summed E-state index contributed by atoms with van der Waals surface area (Å²) in [5.74, 6) is 0.638. The van der Waals surface area contributed by atoms with Gasteiger partial charge in [-0.2, -0.15) is 0 Å². The molecule has 2 N–H and O–H groups in total. The standard InChI is InChI=1S/C14H22ClNO2/c1-5-14(3,18-6-2)13(16)10-7-8-11(15)12(9-10)17-4/h7-9,13H,5-6,16H2,1-4H3. The van der Waals surface area contributed by atoms with Crippen molar-refractivity contribution >= 4 is 11.6 Å². The van der Waals surface area contributed by atoms with Gasteiger partial charge in [0.25, 0.3) is 0 Å². The zero-order valence-electron chi connectivity index (χ0n) is 11.5. The molecule has 0 bridgehead atoms. The van der Waals surface area contributed by atoms with Crippen LogP contribution in [-0.4, -0.2) is 19.3 Å². The Hall–Kier alpha value is -0.770. The summed E-state index contributed by atoms with van der Waals surface area (Å²) in [6, 6.07) is 5.38. The van der Waals surface area contributed by atoms with E-state index in [2.05, 4.69) is 6.92 Å². The van der Waals surface area contributed by atoms with Crippen LogP contribution in [0.4, 0.5) is 0 Å². The summed E-state index contributed by atoms with van der Waals surface area (Å²) >= 11 is 6.01. The van der Waals surface area contributed by atoms with E-state index in [0.717, 1.165) is 12.0 Å². The number of ether oxygens (including phenoxy) is 2. The number of methoxy groups -OCH3 is 1. The Morgan fingerprint density at radius 3 is 2.56 bits per heavy atom. The molecule has 3 nitrogen and oxygen atoms in total. The predicted molar refractivity (Wildman–Crippen MR) is 75.3 cm³/mol. The van der Waals surface area contributed by atoms with Gasteiger partial charge in [-0.1, -0.05) is 24.6 Å². The maximum absolute atomic E-state index is 6.32. The van der Waals surface area contributed by atoms with Crippen molar-refractivity contribution in [2.24, 2.45) is 5.73 Å². The fourth-order valence-electron chi connectivity index (χ4n) is 1.96. The Kier molecular flexibility index (Phi) is 5.45. The Balaban J connectivity index is 3.05. The first kappa shape index (κ1) is 15.3. The SMILES string of the molecule is CCOC(C)(CC)C(N)c1ccc(Cl)c(OC)c1. The molecule has 0 aromatic heterocycles. The molecule has 1 rings (SSSR count). The minimum atomic E-state index is -0.381. The second-order valence-electron chi connectivity index (χ2n) is 4.47. The van der Waals surface area contributed by atoms with E-state index < -0.39 is 0 Å². The summed E-state index contributed by atoms with van der Waals surface area (Å²) in [7, 11) is 1.60. The van der Waals surface area contributed by atoms with Gasteiger partial charge in [0.2, 0.25) is 0 Å². The summed E-state index contributed by atoms with van der Waals surface area (Å²) in [4.78, 5) is 0. The van der Waals surface area contributed by atoms with Crippen molar-refractivity contribution in [3.63, 3.8) is 0 Å². The average Bonchev–Trinajstić information content (AvgIpc) is 2.38. The molecular formula is C14H22ClNO2. The fourth-order valence-corrected chi connectivity index (χ4v) is 2.16. The van der Waals surface area contributed by atoms with Crippen LogP contribution in [0.15, 0.2) is 18.2 Å². The van der Waals surface area contributed by atoms with Crippen LogP contribution in [0.3, 0.4) is 0 Å². The van der Waals surface area contributed by atoms with Gasteiger partial charge in [0.05, 0.1) is 23.8 Å². The van der Waals surface area contributed by atoms with E-state index in [4.69, 9.17) is 26.8 Å². The Labute approximate surface area is 114 Å². The Morgan fingerprint density at radius 2 is 2.06 bits per heavy atom. The zero-order valence-corrected chi connectivity index (χ0v) is 12.3. The van der Waals surface area contributed by atoms with E-state index in [0.29, 0.717) is 17.4 Å². The lowest BCUT2D eigenvalue weighted by Crippen LogP contribution is -2.40. The summed E-state index contributed by atoms with van der Waals surface area (Å²) in [5, 5.41) is 0.586. The molecule has 0 aliphatic heterocycles. The monoisotopic (exact) mass is 271 g/mol. The highest BCUT2D eigenvalue weighted by atomic mass is 35.5. The van der Waals surface area contributed by atoms with Crippen molar-refractivity contribution in [3.8, 4) is 5.75 Å². The van der Waals surface area contributed by atoms with Crippen LogP contribution < -0.4 is 10.5 Å². The molecule has 102 valence electrons. The second-order valence-corrected chi connectivity index (χ2v) is 4.88. The zero-order chi connectivity index (χ0) is 13.8. The third kappa shape index (κ3) is 3.16. The quantitative estimate of drug-likeness (QED) is 0.860. The molecule has 0 amide bonds. The van der Waals surface area contributed by atoms with Crippen molar-refractivity contribution in [1.29, 1.82) is 0 Å². The van der Waals surface area contributed by atoms with Crippen LogP contribution in [0.2, 0.25) is 5.02 Å². The van der Waals surface area contributed by atoms with E-state index >= 15 is 0 Å². The van der Waals surface area contributed by atoms with Crippen molar-refractivity contribution < 1.29 is 9.47 Å². The summed E-state index contributed by atoms with van der Waals surface area (Å²) < 4.78 is 11.0. The van der Waals surface area contributed by atoms with E-state index in [1.807, 2.05) is 26.0 Å². The Morgan fingerprint density at radius 1 is 1.39 bits per heavy atom. The smallest absolute Gasteiger partial charge is 0.137 e. The maximum Gasteiger partial charge on any atom is 0.137 e. The first-order valence-corrected chi connectivity index (χ1v) is 6.59. The van der Waals surface area contributed by atoms with Gasteiger partial charge in [0.15, 0.2) is 0 Å². The molecule has 0 saturated carbocycles. The minimum Gasteiger partial charge on any atom is -0.495 e. The van der Waals surface area contributed by atoms with Gasteiger partial charge >= 0.3 is 0 Å². The predicted octanol–water partition coefficient (Wildman–Crippen LogP) is 3.55. The minimum absolute atomic E-state index is 0.214. The highest BCUT2D eigenvalue weighted by Gasteiger charge is 2.32. The first-order chi connectivity index (χ1) is 8.48. The lowest BCUT2D eigenvalue weighted by atomic mass is 9.88. The fraction of sp³-hybridized carbons (Fsp3) is 0.571. The van der Waals surface area contributed by atoms with Gasteiger partial charge < -0.3 is 15.2 Å². The third-order valence-corrected chi connectivity index (χ3v) is 3.68. The molecular weight excluding hydrogens is 250 g/mol. The van der Waals surface area contributed by atoms with Crippen LogP contribution in [0.25, 0.3) is 0 Å². The van der Waals surface area contributed by atoms with E-state index in [1.165, 1.54) is 0 Å². The van der Waals surface area contributed by atoms with Crippen molar-refractivity contribution in [1.82, 2.24) is 0 Å². The normalized spacial score (nSPS) is 16.1. The lowest BCUT2D eigenvalue weighted by Gasteiger charge is -2.34. The molecule has 0 radical (unpaired) electrons. The molecule has 0 saturated heterocycles. The molecule has 1 aromatic rings. The number of nitrogens with two attached hydrogens (primary N) is 1. The molecule has 0 heterocycles. The van der Waals surface area contributed by atoms with Gasteiger partial charge in [0, 0.05) is 6.61 Å². The number of hydrogen-bond acceptors (Lipinski definition) is 3. The summed E-state index contributed by atoms with van der Waals surface area (Å²) in [6.07, 6.45) is 0.840. The summed E-state index contributed by atoms with van der Waals surface area (Å²) in [5.41, 5.74) is 6.91. The second kappa shape index (κ2) is 6.41. The highest BCUT2D eigenvalue weighted by molar-refractivity contribution is 6.32. The number of rotatable bonds is 6. The number of hydrogen-bond donors (Lipinski definition) is 1. The molecule has 1 aromatic carbocycles. The van der Waals surface area contributed by atoms with Crippen molar-refractivity contribution in [3.05, 3.63) is 28.8 Å². The maximum atomic E-state index is 6.32. The van der Waals surface area contributed by atoms with E-state index in [1.54, 1.807) is 13.2 Å². The topological polar surface area (TPSA) is 44.5 Å². The van der Waals surface area contributed by atoms with Crippen LogP contribution in [0.5, 0.6) is 5.75 Å². The van der Waals surface area contributed by atoms with Crippen LogP contribution in [0.1, 0.15) is 38.8 Å². The van der Waals surface area contributed by atoms with Crippen LogP contribution in [-0.2, 0) is 4.74 Å². The van der Waals surface area contributed by atoms with Gasteiger partial charge in [-0.15, -0.1) is 0 Å². The van der Waals surface area contributed by atoms with E-state index in [-0.39, 0.29) is 11.6 Å². The number of benzene rings is 1. The highest BCUT2D eigenvalue weighted by Crippen LogP contribution is 2.34. The molecule has 4 heteroatoms. The molecule has 0 aliphatic rings. The van der Waals surface area contributed by atoms with Crippen molar-refractivity contribution in [2.45, 2.75) is 38.8 Å². The van der Waals surface area contributed by atoms with Gasteiger partial charge in [-0.05, 0) is 38.0 Å². The third-order valence-electron chi connectivity index (χ3n) is 3.37.